The lowest BCUT2D eigenvalue weighted by Crippen LogP contribution is -2.61. The molecule has 138 valence electrons. The van der Waals surface area contributed by atoms with Crippen molar-refractivity contribution >= 4 is 23.2 Å². The maximum Gasteiger partial charge on any atom is 0.276 e. The predicted octanol–water partition coefficient (Wildman–Crippen LogP) is 3.60. The summed E-state index contributed by atoms with van der Waals surface area (Å²) in [4.78, 5) is 28.3. The van der Waals surface area contributed by atoms with Gasteiger partial charge >= 0.3 is 0 Å². The van der Waals surface area contributed by atoms with Gasteiger partial charge in [-0.25, -0.2) is 0 Å². The third kappa shape index (κ3) is 2.33. The van der Waals surface area contributed by atoms with Gasteiger partial charge in [0, 0.05) is 23.5 Å². The number of hydrogen-bond acceptors (Lipinski definition) is 3. The zero-order chi connectivity index (χ0) is 19.1. The van der Waals surface area contributed by atoms with Crippen LogP contribution >= 0.6 is 0 Å². The molecule has 0 bridgehead atoms. The first kappa shape index (κ1) is 16.6. The van der Waals surface area contributed by atoms with Gasteiger partial charge in [0.1, 0.15) is 0 Å². The molecule has 2 N–H and O–H groups in total. The van der Waals surface area contributed by atoms with Crippen molar-refractivity contribution in [2.75, 3.05) is 17.2 Å². The summed E-state index contributed by atoms with van der Waals surface area (Å²) in [5.74, 6) is -0.373. The highest BCUT2D eigenvalue weighted by molar-refractivity contribution is 6.14. The van der Waals surface area contributed by atoms with Gasteiger partial charge in [-0.05, 0) is 30.2 Å². The van der Waals surface area contributed by atoms with Crippen molar-refractivity contribution in [1.82, 2.24) is 4.90 Å². The minimum absolute atomic E-state index is 0.142. The molecule has 0 saturated heterocycles. The van der Waals surface area contributed by atoms with Crippen LogP contribution in [0.15, 0.2) is 78.9 Å². The van der Waals surface area contributed by atoms with Crippen molar-refractivity contribution in [1.29, 1.82) is 0 Å². The molecular weight excluding hydrogens is 350 g/mol. The van der Waals surface area contributed by atoms with E-state index < -0.39 is 5.66 Å². The summed E-state index contributed by atoms with van der Waals surface area (Å²) in [6, 6.07) is 24.9. The van der Waals surface area contributed by atoms with Crippen molar-refractivity contribution in [3.8, 4) is 0 Å². The van der Waals surface area contributed by atoms with Gasteiger partial charge in [0.25, 0.3) is 11.8 Å². The molecular formula is C23H19N3O2. The van der Waals surface area contributed by atoms with E-state index in [2.05, 4.69) is 10.6 Å². The number of fused-ring (bicyclic) bond motifs is 3. The molecule has 5 heteroatoms. The van der Waals surface area contributed by atoms with Gasteiger partial charge in [-0.2, -0.15) is 0 Å². The lowest BCUT2D eigenvalue weighted by molar-refractivity contribution is -0.125. The number of nitrogens with zero attached hydrogens (tertiary/aromatic N) is 1. The van der Waals surface area contributed by atoms with Crippen LogP contribution in [0.25, 0.3) is 0 Å². The summed E-state index contributed by atoms with van der Waals surface area (Å²) in [5, 5.41) is 6.33. The van der Waals surface area contributed by atoms with Crippen LogP contribution in [0.4, 0.5) is 11.4 Å². The number of hydrogen-bond donors (Lipinski definition) is 2. The van der Waals surface area contributed by atoms with Crippen LogP contribution in [0.1, 0.15) is 21.5 Å². The number of amides is 2. The van der Waals surface area contributed by atoms with Crippen LogP contribution in [0.2, 0.25) is 0 Å². The molecule has 0 saturated carbocycles. The molecule has 2 aliphatic heterocycles. The quantitative estimate of drug-likeness (QED) is 0.742. The first-order valence-corrected chi connectivity index (χ1v) is 9.34. The van der Waals surface area contributed by atoms with Gasteiger partial charge in [0.15, 0.2) is 0 Å². The van der Waals surface area contributed by atoms with Gasteiger partial charge in [-0.15, -0.1) is 0 Å². The molecule has 0 radical (unpaired) electrons. The van der Waals surface area contributed by atoms with Gasteiger partial charge < -0.3 is 15.5 Å². The Morgan fingerprint density at radius 1 is 0.786 bits per heavy atom. The van der Waals surface area contributed by atoms with E-state index in [1.165, 1.54) is 0 Å². The Morgan fingerprint density at radius 3 is 2.29 bits per heavy atom. The van der Waals surface area contributed by atoms with Crippen molar-refractivity contribution in [2.45, 2.75) is 12.1 Å². The van der Waals surface area contributed by atoms with Crippen molar-refractivity contribution in [3.63, 3.8) is 0 Å². The van der Waals surface area contributed by atoms with Crippen LogP contribution in [0.5, 0.6) is 0 Å². The molecule has 2 amide bonds. The highest BCUT2D eigenvalue weighted by atomic mass is 16.2. The van der Waals surface area contributed by atoms with E-state index in [1.807, 2.05) is 72.8 Å². The van der Waals surface area contributed by atoms with Crippen molar-refractivity contribution in [3.05, 3.63) is 95.6 Å². The Hall–Kier alpha value is -3.60. The maximum atomic E-state index is 13.5. The lowest BCUT2D eigenvalue weighted by Gasteiger charge is -2.44. The van der Waals surface area contributed by atoms with Crippen molar-refractivity contribution in [2.24, 2.45) is 0 Å². The molecule has 0 unspecified atom stereocenters. The minimum Gasteiger partial charge on any atom is -0.350 e. The molecule has 3 aromatic rings. The summed E-state index contributed by atoms with van der Waals surface area (Å²) in [6.07, 6.45) is 0.660. The molecule has 0 aromatic heterocycles. The van der Waals surface area contributed by atoms with Gasteiger partial charge in [-0.1, -0.05) is 60.7 Å². The number of nitrogens with one attached hydrogen (secondary N) is 2. The molecule has 0 fully saturated rings. The Bertz CT molecular complexity index is 1080. The van der Waals surface area contributed by atoms with E-state index in [0.717, 1.165) is 16.8 Å². The highest BCUT2D eigenvalue weighted by Gasteiger charge is 2.56. The van der Waals surface area contributed by atoms with Crippen LogP contribution in [-0.2, 0) is 16.9 Å². The molecule has 1 spiro atoms. The van der Waals surface area contributed by atoms with E-state index in [-0.39, 0.29) is 11.8 Å². The molecule has 2 aliphatic rings. The molecule has 1 atom stereocenters. The Balaban J connectivity index is 1.63. The number of benzene rings is 3. The topological polar surface area (TPSA) is 61.4 Å². The molecule has 5 nitrogen and oxygen atoms in total. The number of carbonyl (C=O) groups excluding carboxylic acids is 2. The van der Waals surface area contributed by atoms with E-state index in [1.54, 1.807) is 11.0 Å². The Labute approximate surface area is 163 Å². The highest BCUT2D eigenvalue weighted by Crippen LogP contribution is 2.45. The zero-order valence-corrected chi connectivity index (χ0v) is 15.2. The van der Waals surface area contributed by atoms with Crippen molar-refractivity contribution < 1.29 is 9.59 Å². The van der Waals surface area contributed by atoms with Crippen LogP contribution in [0.3, 0.4) is 0 Å². The first-order chi connectivity index (χ1) is 13.7. The van der Waals surface area contributed by atoms with Crippen LogP contribution in [-0.4, -0.2) is 23.3 Å². The lowest BCUT2D eigenvalue weighted by atomic mass is 9.92. The fourth-order valence-corrected chi connectivity index (χ4v) is 4.13. The number of rotatable bonds is 3. The molecule has 28 heavy (non-hydrogen) atoms. The smallest absolute Gasteiger partial charge is 0.276 e. The number of para-hydroxylation sites is 2. The van der Waals surface area contributed by atoms with Gasteiger partial charge in [0.2, 0.25) is 5.66 Å². The summed E-state index contributed by atoms with van der Waals surface area (Å²) in [7, 11) is 0. The summed E-state index contributed by atoms with van der Waals surface area (Å²) >= 11 is 0. The summed E-state index contributed by atoms with van der Waals surface area (Å²) < 4.78 is 0. The SMILES string of the molecule is O=C1c2ccccc2N[C@@]2(C(=O)Nc3ccccc32)N1CCc1ccccc1. The monoisotopic (exact) mass is 369 g/mol. The molecule has 2 heterocycles. The number of anilines is 2. The second-order valence-electron chi connectivity index (χ2n) is 7.07. The fourth-order valence-electron chi connectivity index (χ4n) is 4.13. The second kappa shape index (κ2) is 6.23. The van der Waals surface area contributed by atoms with Gasteiger partial charge in [0.05, 0.1) is 5.56 Å². The van der Waals surface area contributed by atoms with E-state index in [0.29, 0.717) is 24.2 Å². The maximum absolute atomic E-state index is 13.5. The molecule has 0 aliphatic carbocycles. The first-order valence-electron chi connectivity index (χ1n) is 9.34. The fraction of sp³-hybridized carbons (Fsp3) is 0.130. The average Bonchev–Trinajstić information content (AvgIpc) is 3.00. The largest absolute Gasteiger partial charge is 0.350 e. The van der Waals surface area contributed by atoms with E-state index >= 15 is 0 Å². The predicted molar refractivity (Wildman–Crippen MR) is 108 cm³/mol. The van der Waals surface area contributed by atoms with E-state index in [9.17, 15) is 9.59 Å². The molecule has 5 rings (SSSR count). The standard InChI is InChI=1S/C23H19N3O2/c27-21-17-10-4-6-12-19(17)25-23(18-11-5-7-13-20(18)24-22(23)28)26(21)15-14-16-8-2-1-3-9-16/h1-13,25H,14-15H2,(H,24,28)/t23-/m1/s1. The van der Waals surface area contributed by atoms with Gasteiger partial charge in [-0.3, -0.25) is 9.59 Å². The average molecular weight is 369 g/mol. The Morgan fingerprint density at radius 2 is 1.46 bits per heavy atom. The third-order valence-electron chi connectivity index (χ3n) is 5.48. The molecule has 3 aromatic carbocycles. The summed E-state index contributed by atoms with van der Waals surface area (Å²) in [5.41, 5.74) is 2.65. The van der Waals surface area contributed by atoms with Crippen LogP contribution in [0, 0.1) is 0 Å². The second-order valence-corrected chi connectivity index (χ2v) is 7.07. The zero-order valence-electron chi connectivity index (χ0n) is 15.2. The minimum atomic E-state index is -1.24. The Kier molecular flexibility index (Phi) is 3.69. The third-order valence-corrected chi connectivity index (χ3v) is 5.48. The number of carbonyl (C=O) groups is 2. The van der Waals surface area contributed by atoms with Crippen LogP contribution < -0.4 is 10.6 Å². The van der Waals surface area contributed by atoms with E-state index in [4.69, 9.17) is 0 Å². The normalized spacial score (nSPS) is 19.8. The summed E-state index contributed by atoms with van der Waals surface area (Å²) in [6.45, 7) is 0.423.